The lowest BCUT2D eigenvalue weighted by molar-refractivity contribution is -0.139. The van der Waals surface area contributed by atoms with E-state index >= 15 is 0 Å². The standard InChI is InChI=1S/C21H22N2O7/c22-16(11-18(24)25)19(26)15-9-5-4-8-14(15)10-17(20(27)28)23-21(29)30-12-13-6-2-1-3-7-13/h1-9,16-17H,10-12,22H2,(H,23,29)(H,24,25)(H,27,28)/t16-,17-/m0/s1. The van der Waals surface area contributed by atoms with Crippen LogP contribution in [0.5, 0.6) is 0 Å². The maximum atomic E-state index is 12.5. The second-order valence-corrected chi connectivity index (χ2v) is 6.53. The average Bonchev–Trinajstić information content (AvgIpc) is 2.71. The summed E-state index contributed by atoms with van der Waals surface area (Å²) in [6, 6.07) is 12.4. The molecule has 0 radical (unpaired) electrons. The fourth-order valence-electron chi connectivity index (χ4n) is 2.75. The van der Waals surface area contributed by atoms with Crippen LogP contribution in [0.4, 0.5) is 4.79 Å². The number of alkyl carbamates (subject to hydrolysis) is 1. The van der Waals surface area contributed by atoms with Crippen molar-refractivity contribution >= 4 is 23.8 Å². The third-order valence-corrected chi connectivity index (χ3v) is 4.24. The molecule has 0 aliphatic carbocycles. The summed E-state index contributed by atoms with van der Waals surface area (Å²) >= 11 is 0. The highest BCUT2D eigenvalue weighted by Gasteiger charge is 2.26. The average molecular weight is 414 g/mol. The number of Topliss-reactive ketones (excluding diaryl/α,β-unsaturated/α-hetero) is 1. The zero-order valence-corrected chi connectivity index (χ0v) is 16.0. The topological polar surface area (TPSA) is 156 Å². The van der Waals surface area contributed by atoms with Crippen molar-refractivity contribution in [3.05, 3.63) is 71.3 Å². The maximum absolute atomic E-state index is 12.5. The number of benzene rings is 2. The summed E-state index contributed by atoms with van der Waals surface area (Å²) in [7, 11) is 0. The predicted molar refractivity (Wildman–Crippen MR) is 106 cm³/mol. The van der Waals surface area contributed by atoms with E-state index < -0.39 is 42.3 Å². The Hall–Kier alpha value is -3.72. The van der Waals surface area contributed by atoms with Crippen molar-refractivity contribution in [2.75, 3.05) is 0 Å². The number of ketones is 1. The van der Waals surface area contributed by atoms with Crippen molar-refractivity contribution in [2.45, 2.75) is 31.5 Å². The maximum Gasteiger partial charge on any atom is 0.408 e. The van der Waals surface area contributed by atoms with E-state index in [9.17, 15) is 24.3 Å². The Kier molecular flexibility index (Phi) is 8.07. The van der Waals surface area contributed by atoms with Crippen LogP contribution in [0.25, 0.3) is 0 Å². The molecule has 0 unspecified atom stereocenters. The Bertz CT molecular complexity index is 915. The summed E-state index contributed by atoms with van der Waals surface area (Å²) in [6.45, 7) is -0.0296. The van der Waals surface area contributed by atoms with Crippen molar-refractivity contribution in [1.82, 2.24) is 5.32 Å². The first-order valence-electron chi connectivity index (χ1n) is 9.07. The molecule has 0 saturated heterocycles. The van der Waals surface area contributed by atoms with Gasteiger partial charge in [-0.15, -0.1) is 0 Å². The second-order valence-electron chi connectivity index (χ2n) is 6.53. The molecule has 5 N–H and O–H groups in total. The van der Waals surface area contributed by atoms with Gasteiger partial charge in [-0.1, -0.05) is 54.6 Å². The van der Waals surface area contributed by atoms with Crippen molar-refractivity contribution in [3.63, 3.8) is 0 Å². The number of amides is 1. The molecule has 0 saturated carbocycles. The molecular weight excluding hydrogens is 392 g/mol. The van der Waals surface area contributed by atoms with Crippen LogP contribution in [-0.4, -0.2) is 46.1 Å². The first kappa shape index (κ1) is 22.6. The highest BCUT2D eigenvalue weighted by molar-refractivity contribution is 6.02. The van der Waals surface area contributed by atoms with E-state index in [0.29, 0.717) is 5.56 Å². The first-order chi connectivity index (χ1) is 14.3. The molecule has 2 atom stereocenters. The van der Waals surface area contributed by atoms with Crippen LogP contribution in [0.3, 0.4) is 0 Å². The number of carbonyl (C=O) groups is 4. The van der Waals surface area contributed by atoms with Gasteiger partial charge in [-0.3, -0.25) is 9.59 Å². The van der Waals surface area contributed by atoms with E-state index in [1.54, 1.807) is 36.4 Å². The van der Waals surface area contributed by atoms with Crippen LogP contribution in [0.2, 0.25) is 0 Å². The molecule has 0 bridgehead atoms. The Morgan fingerprint density at radius 3 is 2.23 bits per heavy atom. The number of aliphatic carboxylic acids is 2. The van der Waals surface area contributed by atoms with Gasteiger partial charge in [0.2, 0.25) is 0 Å². The normalized spacial score (nSPS) is 12.4. The molecule has 2 aromatic rings. The third-order valence-electron chi connectivity index (χ3n) is 4.24. The number of carbonyl (C=O) groups excluding carboxylic acids is 2. The first-order valence-corrected chi connectivity index (χ1v) is 9.07. The minimum atomic E-state index is -1.36. The summed E-state index contributed by atoms with van der Waals surface area (Å²) < 4.78 is 5.04. The quantitative estimate of drug-likeness (QED) is 0.427. The van der Waals surface area contributed by atoms with Crippen molar-refractivity contribution < 1.29 is 34.1 Å². The zero-order valence-electron chi connectivity index (χ0n) is 16.0. The van der Waals surface area contributed by atoms with Gasteiger partial charge in [-0.2, -0.15) is 0 Å². The Balaban J connectivity index is 2.07. The van der Waals surface area contributed by atoms with Gasteiger partial charge in [0.25, 0.3) is 0 Å². The number of nitrogens with one attached hydrogen (secondary N) is 1. The molecule has 158 valence electrons. The van der Waals surface area contributed by atoms with Crippen molar-refractivity contribution in [3.8, 4) is 0 Å². The van der Waals surface area contributed by atoms with E-state index in [-0.39, 0.29) is 18.6 Å². The van der Waals surface area contributed by atoms with Gasteiger partial charge in [0.05, 0.1) is 12.5 Å². The summed E-state index contributed by atoms with van der Waals surface area (Å²) in [5.41, 5.74) is 6.81. The van der Waals surface area contributed by atoms with Gasteiger partial charge in [0.15, 0.2) is 5.78 Å². The van der Waals surface area contributed by atoms with Crippen molar-refractivity contribution in [1.29, 1.82) is 0 Å². The fraction of sp³-hybridized carbons (Fsp3) is 0.238. The molecular formula is C21H22N2O7. The number of rotatable bonds is 10. The van der Waals surface area contributed by atoms with Gasteiger partial charge in [-0.05, 0) is 11.1 Å². The lowest BCUT2D eigenvalue weighted by Gasteiger charge is -2.17. The molecule has 2 aromatic carbocycles. The van der Waals surface area contributed by atoms with Gasteiger partial charge in [0.1, 0.15) is 12.6 Å². The Morgan fingerprint density at radius 1 is 0.967 bits per heavy atom. The predicted octanol–water partition coefficient (Wildman–Crippen LogP) is 1.59. The SMILES string of the molecule is N[C@@H](CC(=O)O)C(=O)c1ccccc1C[C@H](NC(=O)OCc1ccccc1)C(=O)O. The molecule has 2 rings (SSSR count). The monoisotopic (exact) mass is 414 g/mol. The number of carboxylic acids is 2. The lowest BCUT2D eigenvalue weighted by atomic mass is 9.94. The molecule has 0 aliphatic rings. The number of nitrogens with two attached hydrogens (primary N) is 1. The van der Waals surface area contributed by atoms with Crippen LogP contribution in [0, 0.1) is 0 Å². The van der Waals surface area contributed by atoms with Crippen LogP contribution in [0.15, 0.2) is 54.6 Å². The van der Waals surface area contributed by atoms with E-state index in [0.717, 1.165) is 5.56 Å². The molecule has 0 aliphatic heterocycles. The highest BCUT2D eigenvalue weighted by atomic mass is 16.5. The summed E-state index contributed by atoms with van der Waals surface area (Å²) in [4.78, 5) is 46.9. The van der Waals surface area contributed by atoms with Crippen LogP contribution in [0.1, 0.15) is 27.9 Å². The van der Waals surface area contributed by atoms with E-state index in [4.69, 9.17) is 15.6 Å². The number of carboxylic acid groups (broad SMARTS) is 2. The number of ether oxygens (including phenoxy) is 1. The fourth-order valence-corrected chi connectivity index (χ4v) is 2.75. The van der Waals surface area contributed by atoms with E-state index in [1.165, 1.54) is 12.1 Å². The molecule has 0 heterocycles. The molecule has 0 fully saturated rings. The summed E-state index contributed by atoms with van der Waals surface area (Å²) in [5, 5.41) is 20.6. The highest BCUT2D eigenvalue weighted by Crippen LogP contribution is 2.15. The second kappa shape index (κ2) is 10.7. The smallest absolute Gasteiger partial charge is 0.408 e. The third kappa shape index (κ3) is 6.71. The Labute approximate surface area is 172 Å². The van der Waals surface area contributed by atoms with Gasteiger partial charge < -0.3 is 26.0 Å². The van der Waals surface area contributed by atoms with Crippen LogP contribution in [-0.2, 0) is 27.4 Å². The lowest BCUT2D eigenvalue weighted by Crippen LogP contribution is -2.43. The minimum Gasteiger partial charge on any atom is -0.481 e. The number of hydrogen-bond acceptors (Lipinski definition) is 6. The summed E-state index contributed by atoms with van der Waals surface area (Å²) in [5.74, 6) is -3.16. The van der Waals surface area contributed by atoms with Crippen LogP contribution < -0.4 is 11.1 Å². The molecule has 9 heteroatoms. The largest absolute Gasteiger partial charge is 0.481 e. The summed E-state index contributed by atoms with van der Waals surface area (Å²) in [6.07, 6.45) is -1.69. The Morgan fingerprint density at radius 2 is 1.60 bits per heavy atom. The van der Waals surface area contributed by atoms with E-state index in [2.05, 4.69) is 5.32 Å². The van der Waals surface area contributed by atoms with Crippen LogP contribution >= 0.6 is 0 Å². The minimum absolute atomic E-state index is 0.0296. The molecule has 0 spiro atoms. The van der Waals surface area contributed by atoms with Gasteiger partial charge >= 0.3 is 18.0 Å². The van der Waals surface area contributed by atoms with E-state index in [1.807, 2.05) is 6.07 Å². The van der Waals surface area contributed by atoms with Gasteiger partial charge in [-0.25, -0.2) is 9.59 Å². The van der Waals surface area contributed by atoms with Gasteiger partial charge in [0, 0.05) is 12.0 Å². The molecule has 9 nitrogen and oxygen atoms in total. The van der Waals surface area contributed by atoms with Crippen molar-refractivity contribution in [2.24, 2.45) is 5.73 Å². The molecule has 1 amide bonds. The molecule has 30 heavy (non-hydrogen) atoms. The number of hydrogen-bond donors (Lipinski definition) is 4. The molecule has 0 aromatic heterocycles. The zero-order chi connectivity index (χ0) is 22.1.